The van der Waals surface area contributed by atoms with Crippen molar-refractivity contribution in [3.63, 3.8) is 0 Å². The van der Waals surface area contributed by atoms with Crippen LogP contribution in [0.1, 0.15) is 0 Å². The number of sulfonamides is 1. The highest BCUT2D eigenvalue weighted by Crippen LogP contribution is 2.23. The molecule has 100 valence electrons. The number of nitrogens with zero attached hydrogens (tertiary/aromatic N) is 2. The molecule has 1 aromatic heterocycles. The molecule has 0 fully saturated rings. The number of pyridine rings is 1. The van der Waals surface area contributed by atoms with Crippen LogP contribution in [0.3, 0.4) is 0 Å². The second-order valence-electron chi connectivity index (χ2n) is 3.76. The van der Waals surface area contributed by atoms with E-state index in [1.165, 1.54) is 31.4 Å². The van der Waals surface area contributed by atoms with Crippen LogP contribution in [-0.2, 0) is 10.0 Å². The molecule has 0 saturated carbocycles. The molecule has 0 aliphatic rings. The Kier molecular flexibility index (Phi) is 3.99. The summed E-state index contributed by atoms with van der Waals surface area (Å²) in [6, 6.07) is 9.18. The van der Waals surface area contributed by atoms with Gasteiger partial charge in [0.15, 0.2) is 0 Å². The molecule has 19 heavy (non-hydrogen) atoms. The molecular weight excluding hydrogens is 307 g/mol. The number of hydrogen-bond donors (Lipinski definition) is 0. The summed E-state index contributed by atoms with van der Waals surface area (Å²) >= 11 is 11.5. The number of hydrogen-bond acceptors (Lipinski definition) is 3. The zero-order chi connectivity index (χ0) is 14.0. The molecule has 0 amide bonds. The Hall–Kier alpha value is -1.30. The van der Waals surface area contributed by atoms with Crippen molar-refractivity contribution < 1.29 is 8.42 Å². The molecular formula is C12H10Cl2N2O2S. The zero-order valence-corrected chi connectivity index (χ0v) is 12.2. The average Bonchev–Trinajstić information content (AvgIpc) is 2.39. The molecule has 0 atom stereocenters. The lowest BCUT2D eigenvalue weighted by molar-refractivity contribution is 0.594. The molecule has 0 radical (unpaired) electrons. The predicted molar refractivity (Wildman–Crippen MR) is 76.3 cm³/mol. The summed E-state index contributed by atoms with van der Waals surface area (Å²) in [4.78, 5) is 4.08. The van der Waals surface area contributed by atoms with Gasteiger partial charge in [-0.2, -0.15) is 0 Å². The Morgan fingerprint density at radius 1 is 1.11 bits per heavy atom. The highest BCUT2D eigenvalue weighted by atomic mass is 35.5. The minimum atomic E-state index is -3.68. The molecule has 0 bridgehead atoms. The van der Waals surface area contributed by atoms with Gasteiger partial charge < -0.3 is 0 Å². The van der Waals surface area contributed by atoms with Crippen LogP contribution >= 0.6 is 23.2 Å². The summed E-state index contributed by atoms with van der Waals surface area (Å²) in [6.07, 6.45) is 1.39. The number of halogens is 2. The first-order chi connectivity index (χ1) is 8.91. The second-order valence-corrected chi connectivity index (χ2v) is 6.61. The monoisotopic (exact) mass is 316 g/mol. The highest BCUT2D eigenvalue weighted by molar-refractivity contribution is 7.92. The van der Waals surface area contributed by atoms with E-state index in [1.54, 1.807) is 18.2 Å². The summed E-state index contributed by atoms with van der Waals surface area (Å²) in [5, 5.41) is 0.802. The normalized spacial score (nSPS) is 11.3. The van der Waals surface area contributed by atoms with Crippen molar-refractivity contribution in [3.8, 4) is 0 Å². The molecule has 0 spiro atoms. The summed E-state index contributed by atoms with van der Waals surface area (Å²) in [6.45, 7) is 0. The lowest BCUT2D eigenvalue weighted by atomic mass is 10.4. The lowest BCUT2D eigenvalue weighted by Crippen LogP contribution is -2.27. The lowest BCUT2D eigenvalue weighted by Gasteiger charge is -2.18. The van der Waals surface area contributed by atoms with Gasteiger partial charge in [-0.05, 0) is 30.3 Å². The maximum absolute atomic E-state index is 12.4. The second kappa shape index (κ2) is 5.36. The van der Waals surface area contributed by atoms with Crippen LogP contribution in [0.25, 0.3) is 0 Å². The first-order valence-electron chi connectivity index (χ1n) is 5.27. The minimum Gasteiger partial charge on any atom is -0.253 e. The molecule has 1 aromatic carbocycles. The Morgan fingerprint density at radius 3 is 2.42 bits per heavy atom. The quantitative estimate of drug-likeness (QED) is 0.873. The van der Waals surface area contributed by atoms with Gasteiger partial charge >= 0.3 is 0 Å². The fraction of sp³-hybridized carbons (Fsp3) is 0.0833. The SMILES string of the molecule is CN(c1ccc(Cl)cn1)S(=O)(=O)c1cccc(Cl)c1. The zero-order valence-electron chi connectivity index (χ0n) is 9.92. The number of aromatic nitrogens is 1. The van der Waals surface area contributed by atoms with E-state index in [1.807, 2.05) is 0 Å². The maximum atomic E-state index is 12.4. The molecule has 0 saturated heterocycles. The van der Waals surface area contributed by atoms with E-state index in [0.717, 1.165) is 4.31 Å². The summed E-state index contributed by atoms with van der Waals surface area (Å²) < 4.78 is 25.8. The molecule has 0 aliphatic carbocycles. The molecule has 2 aromatic rings. The largest absolute Gasteiger partial charge is 0.265 e. The van der Waals surface area contributed by atoms with E-state index in [4.69, 9.17) is 23.2 Å². The summed E-state index contributed by atoms with van der Waals surface area (Å²) in [5.41, 5.74) is 0. The van der Waals surface area contributed by atoms with Crippen LogP contribution in [0.4, 0.5) is 5.82 Å². The fourth-order valence-electron chi connectivity index (χ4n) is 1.46. The van der Waals surface area contributed by atoms with Gasteiger partial charge in [0, 0.05) is 18.3 Å². The molecule has 0 unspecified atom stereocenters. The van der Waals surface area contributed by atoms with Crippen LogP contribution in [0.15, 0.2) is 47.5 Å². The van der Waals surface area contributed by atoms with Gasteiger partial charge in [0.1, 0.15) is 5.82 Å². The molecule has 7 heteroatoms. The summed E-state index contributed by atoms with van der Waals surface area (Å²) in [7, 11) is -2.26. The minimum absolute atomic E-state index is 0.110. The highest BCUT2D eigenvalue weighted by Gasteiger charge is 2.22. The third-order valence-electron chi connectivity index (χ3n) is 2.49. The first-order valence-corrected chi connectivity index (χ1v) is 7.47. The van der Waals surface area contributed by atoms with Gasteiger partial charge in [-0.3, -0.25) is 4.31 Å². The summed E-state index contributed by atoms with van der Waals surface area (Å²) in [5.74, 6) is 0.282. The maximum Gasteiger partial charge on any atom is 0.265 e. The number of rotatable bonds is 3. The third kappa shape index (κ3) is 3.00. The molecule has 4 nitrogen and oxygen atoms in total. The average molecular weight is 317 g/mol. The molecule has 2 rings (SSSR count). The van der Waals surface area contributed by atoms with Gasteiger partial charge in [0.05, 0.1) is 9.92 Å². The van der Waals surface area contributed by atoms with Crippen molar-refractivity contribution in [3.05, 3.63) is 52.6 Å². The topological polar surface area (TPSA) is 50.3 Å². The fourth-order valence-corrected chi connectivity index (χ4v) is 3.03. The van der Waals surface area contributed by atoms with E-state index in [0.29, 0.717) is 10.0 Å². The van der Waals surface area contributed by atoms with Crippen molar-refractivity contribution in [2.24, 2.45) is 0 Å². The van der Waals surface area contributed by atoms with Crippen molar-refractivity contribution in [2.75, 3.05) is 11.4 Å². The number of anilines is 1. The van der Waals surface area contributed by atoms with E-state index < -0.39 is 10.0 Å². The molecule has 0 aliphatic heterocycles. The van der Waals surface area contributed by atoms with Gasteiger partial charge in [0.25, 0.3) is 10.0 Å². The number of benzene rings is 1. The van der Waals surface area contributed by atoms with Crippen molar-refractivity contribution in [1.82, 2.24) is 4.98 Å². The van der Waals surface area contributed by atoms with Crippen molar-refractivity contribution in [2.45, 2.75) is 4.90 Å². The third-order valence-corrected chi connectivity index (χ3v) is 4.71. The van der Waals surface area contributed by atoms with E-state index >= 15 is 0 Å². The standard InChI is InChI=1S/C12H10Cl2N2O2S/c1-16(12-6-5-10(14)8-15-12)19(17,18)11-4-2-3-9(13)7-11/h2-8H,1H3. The molecule has 0 N–H and O–H groups in total. The van der Waals surface area contributed by atoms with Gasteiger partial charge in [-0.25, -0.2) is 13.4 Å². The van der Waals surface area contributed by atoms with Crippen molar-refractivity contribution >= 4 is 39.0 Å². The van der Waals surface area contributed by atoms with Crippen LogP contribution in [0, 0.1) is 0 Å². The van der Waals surface area contributed by atoms with Crippen LogP contribution in [0.2, 0.25) is 10.0 Å². The Bertz CT molecular complexity index is 687. The first kappa shape index (κ1) is 14.1. The molecule has 1 heterocycles. The van der Waals surface area contributed by atoms with Crippen molar-refractivity contribution in [1.29, 1.82) is 0 Å². The van der Waals surface area contributed by atoms with Crippen LogP contribution in [-0.4, -0.2) is 20.4 Å². The van der Waals surface area contributed by atoms with Gasteiger partial charge in [-0.1, -0.05) is 29.3 Å². The van der Waals surface area contributed by atoms with E-state index in [9.17, 15) is 8.42 Å². The Balaban J connectivity index is 2.42. The van der Waals surface area contributed by atoms with E-state index in [-0.39, 0.29) is 10.7 Å². The van der Waals surface area contributed by atoms with Crippen LogP contribution in [0.5, 0.6) is 0 Å². The Morgan fingerprint density at radius 2 is 1.84 bits per heavy atom. The van der Waals surface area contributed by atoms with E-state index in [2.05, 4.69) is 4.98 Å². The smallest absolute Gasteiger partial charge is 0.253 e. The van der Waals surface area contributed by atoms with Crippen LogP contribution < -0.4 is 4.31 Å². The van der Waals surface area contributed by atoms with Gasteiger partial charge in [-0.15, -0.1) is 0 Å². The Labute approximate surface area is 121 Å². The van der Waals surface area contributed by atoms with Gasteiger partial charge in [0.2, 0.25) is 0 Å². The predicted octanol–water partition coefficient (Wildman–Crippen LogP) is 3.21.